The van der Waals surface area contributed by atoms with Crippen LogP contribution in [0.3, 0.4) is 0 Å². The molecule has 2 aliphatic rings. The Hall–Kier alpha value is -2.34. The van der Waals surface area contributed by atoms with Gasteiger partial charge in [0.05, 0.1) is 0 Å². The van der Waals surface area contributed by atoms with E-state index in [9.17, 15) is 0 Å². The van der Waals surface area contributed by atoms with Gasteiger partial charge in [0.25, 0.3) is 0 Å². The summed E-state index contributed by atoms with van der Waals surface area (Å²) in [5.41, 5.74) is 7.89. The molecule has 0 amide bonds. The van der Waals surface area contributed by atoms with Gasteiger partial charge in [0, 0.05) is 0 Å². The van der Waals surface area contributed by atoms with Crippen molar-refractivity contribution in [1.82, 2.24) is 0 Å². The fourth-order valence-corrected chi connectivity index (χ4v) is 5.38. The first-order valence-corrected chi connectivity index (χ1v) is 10.5. The Bertz CT molecular complexity index is 1010. The Balaban J connectivity index is 1.55. The molecule has 5 rings (SSSR count). The highest BCUT2D eigenvalue weighted by atomic mass is 14.3. The molecule has 2 aliphatic carbocycles. The van der Waals surface area contributed by atoms with Gasteiger partial charge in [-0.3, -0.25) is 0 Å². The zero-order chi connectivity index (χ0) is 18.3. The largest absolute Gasteiger partial charge is 0.0646 e. The summed E-state index contributed by atoms with van der Waals surface area (Å²) in [5.74, 6) is 0. The number of allylic oxidation sites excluding steroid dienone is 1. The van der Waals surface area contributed by atoms with E-state index in [0.717, 1.165) is 6.42 Å². The quantitative estimate of drug-likeness (QED) is 0.451. The van der Waals surface area contributed by atoms with Gasteiger partial charge in [0.15, 0.2) is 0 Å². The number of hydrogen-bond acceptors (Lipinski definition) is 0. The fraction of sp³-hybridized carbons (Fsp3) is 0.333. The molecule has 0 saturated heterocycles. The van der Waals surface area contributed by atoms with Crippen molar-refractivity contribution in [1.29, 1.82) is 0 Å². The zero-order valence-corrected chi connectivity index (χ0v) is 16.3. The Morgan fingerprint density at radius 1 is 0.778 bits per heavy atom. The molecular formula is C27H28. The maximum absolute atomic E-state index is 2.52. The van der Waals surface area contributed by atoms with Crippen LogP contribution in [0.5, 0.6) is 0 Å². The molecule has 1 saturated carbocycles. The van der Waals surface area contributed by atoms with Crippen LogP contribution < -0.4 is 0 Å². The normalized spacial score (nSPS) is 18.3. The van der Waals surface area contributed by atoms with Crippen molar-refractivity contribution in [2.24, 2.45) is 5.41 Å². The molecule has 0 aromatic heterocycles. The van der Waals surface area contributed by atoms with Crippen molar-refractivity contribution in [2.75, 3.05) is 0 Å². The molecule has 0 aliphatic heterocycles. The number of benzene rings is 3. The first kappa shape index (κ1) is 16.8. The summed E-state index contributed by atoms with van der Waals surface area (Å²) in [4.78, 5) is 0. The third-order valence-electron chi connectivity index (χ3n) is 6.76. The second-order valence-corrected chi connectivity index (χ2v) is 8.93. The average Bonchev–Trinajstić information content (AvgIpc) is 3.10. The Morgan fingerprint density at radius 3 is 2.41 bits per heavy atom. The minimum absolute atomic E-state index is 0.520. The van der Waals surface area contributed by atoms with Crippen LogP contribution >= 0.6 is 0 Å². The van der Waals surface area contributed by atoms with Crippen LogP contribution in [0.4, 0.5) is 0 Å². The number of fused-ring (bicyclic) bond motifs is 2. The molecule has 0 nitrogen and oxygen atoms in total. The van der Waals surface area contributed by atoms with Crippen molar-refractivity contribution in [3.63, 3.8) is 0 Å². The molecule has 0 N–H and O–H groups in total. The molecule has 136 valence electrons. The maximum Gasteiger partial charge on any atom is -0.00574 e. The van der Waals surface area contributed by atoms with Gasteiger partial charge in [0.1, 0.15) is 0 Å². The molecule has 0 heteroatoms. The lowest BCUT2D eigenvalue weighted by Gasteiger charge is -2.34. The van der Waals surface area contributed by atoms with Crippen LogP contribution in [0.1, 0.15) is 56.6 Å². The van der Waals surface area contributed by atoms with E-state index in [0.29, 0.717) is 5.41 Å². The Labute approximate surface area is 162 Å². The van der Waals surface area contributed by atoms with E-state index in [1.807, 2.05) is 0 Å². The molecule has 3 aromatic carbocycles. The van der Waals surface area contributed by atoms with Crippen molar-refractivity contribution >= 4 is 16.8 Å². The molecule has 27 heavy (non-hydrogen) atoms. The topological polar surface area (TPSA) is 0 Å². The van der Waals surface area contributed by atoms with Gasteiger partial charge in [0.2, 0.25) is 0 Å². The van der Waals surface area contributed by atoms with Crippen molar-refractivity contribution in [2.45, 2.75) is 51.9 Å². The van der Waals surface area contributed by atoms with Gasteiger partial charge in [-0.05, 0) is 64.1 Å². The predicted octanol–water partition coefficient (Wildman–Crippen LogP) is 7.81. The van der Waals surface area contributed by atoms with E-state index in [4.69, 9.17) is 0 Å². The van der Waals surface area contributed by atoms with Crippen molar-refractivity contribution in [3.8, 4) is 11.1 Å². The molecule has 1 fully saturated rings. The van der Waals surface area contributed by atoms with Crippen LogP contribution in [0.2, 0.25) is 0 Å². The summed E-state index contributed by atoms with van der Waals surface area (Å²) < 4.78 is 0. The molecule has 0 radical (unpaired) electrons. The monoisotopic (exact) mass is 352 g/mol. The van der Waals surface area contributed by atoms with Crippen LogP contribution in [0, 0.1) is 5.41 Å². The van der Waals surface area contributed by atoms with Gasteiger partial charge >= 0.3 is 0 Å². The summed E-state index contributed by atoms with van der Waals surface area (Å²) in [6, 6.07) is 22.3. The van der Waals surface area contributed by atoms with Crippen LogP contribution in [-0.4, -0.2) is 0 Å². The Kier molecular flexibility index (Phi) is 4.16. The SMILES string of the molecule is CC1(CC2=Cc3c(cccc3-c3cccc4ccccc34)C2)CCCCC1. The van der Waals surface area contributed by atoms with Crippen molar-refractivity contribution < 1.29 is 0 Å². The molecule has 0 bridgehead atoms. The summed E-state index contributed by atoms with van der Waals surface area (Å²) in [5, 5.41) is 2.68. The smallest absolute Gasteiger partial charge is 0.00574 e. The lowest BCUT2D eigenvalue weighted by molar-refractivity contribution is 0.214. The highest BCUT2D eigenvalue weighted by Gasteiger charge is 2.29. The molecule has 3 aromatic rings. The van der Waals surface area contributed by atoms with Gasteiger partial charge < -0.3 is 0 Å². The van der Waals surface area contributed by atoms with Crippen LogP contribution in [0.25, 0.3) is 28.0 Å². The second kappa shape index (κ2) is 6.68. The Morgan fingerprint density at radius 2 is 1.52 bits per heavy atom. The molecular weight excluding hydrogens is 324 g/mol. The van der Waals surface area contributed by atoms with E-state index in [2.05, 4.69) is 73.7 Å². The van der Waals surface area contributed by atoms with E-state index >= 15 is 0 Å². The van der Waals surface area contributed by atoms with E-state index in [1.165, 1.54) is 71.6 Å². The summed E-state index contributed by atoms with van der Waals surface area (Å²) >= 11 is 0. The first-order valence-electron chi connectivity index (χ1n) is 10.5. The summed E-state index contributed by atoms with van der Waals surface area (Å²) in [7, 11) is 0. The standard InChI is InChI=1S/C27H28/c1-27(15-5-2-6-16-27)19-20-17-22-11-8-14-25(26(22)18-20)24-13-7-10-21-9-3-4-12-23(21)24/h3-4,7-14,18H,2,5-6,15-17,19H2,1H3. The maximum atomic E-state index is 2.52. The average molecular weight is 353 g/mol. The summed E-state index contributed by atoms with van der Waals surface area (Å²) in [6.07, 6.45) is 12.0. The van der Waals surface area contributed by atoms with Gasteiger partial charge in [-0.25, -0.2) is 0 Å². The van der Waals surface area contributed by atoms with Gasteiger partial charge in [-0.1, -0.05) is 98.5 Å². The number of hydrogen-bond donors (Lipinski definition) is 0. The summed E-state index contributed by atoms with van der Waals surface area (Å²) in [6.45, 7) is 2.52. The minimum Gasteiger partial charge on any atom is -0.0646 e. The lowest BCUT2D eigenvalue weighted by Crippen LogP contribution is -2.20. The minimum atomic E-state index is 0.520. The fourth-order valence-electron chi connectivity index (χ4n) is 5.38. The van der Waals surface area contributed by atoms with Crippen LogP contribution in [0.15, 0.2) is 66.2 Å². The molecule has 0 atom stereocenters. The lowest BCUT2D eigenvalue weighted by atomic mass is 9.71. The zero-order valence-electron chi connectivity index (χ0n) is 16.3. The van der Waals surface area contributed by atoms with Gasteiger partial charge in [-0.15, -0.1) is 0 Å². The van der Waals surface area contributed by atoms with E-state index < -0.39 is 0 Å². The third-order valence-corrected chi connectivity index (χ3v) is 6.76. The highest BCUT2D eigenvalue weighted by molar-refractivity contribution is 5.99. The van der Waals surface area contributed by atoms with Crippen molar-refractivity contribution in [3.05, 3.63) is 77.4 Å². The number of rotatable bonds is 3. The van der Waals surface area contributed by atoms with E-state index in [1.54, 1.807) is 5.57 Å². The van der Waals surface area contributed by atoms with Crippen LogP contribution in [-0.2, 0) is 6.42 Å². The second-order valence-electron chi connectivity index (χ2n) is 8.93. The van der Waals surface area contributed by atoms with E-state index in [-0.39, 0.29) is 0 Å². The first-order chi connectivity index (χ1) is 13.2. The molecule has 0 heterocycles. The third kappa shape index (κ3) is 3.12. The predicted molar refractivity (Wildman–Crippen MR) is 117 cm³/mol. The highest BCUT2D eigenvalue weighted by Crippen LogP contribution is 2.45. The van der Waals surface area contributed by atoms with Gasteiger partial charge in [-0.2, -0.15) is 0 Å². The molecule has 0 unspecified atom stereocenters. The molecule has 0 spiro atoms.